The van der Waals surface area contributed by atoms with Gasteiger partial charge in [0.1, 0.15) is 10.8 Å². The minimum absolute atomic E-state index is 0.184. The van der Waals surface area contributed by atoms with Crippen LogP contribution in [0.2, 0.25) is 0 Å². The van der Waals surface area contributed by atoms with Crippen LogP contribution in [0.5, 0.6) is 0 Å². The first-order valence-electron chi connectivity index (χ1n) is 6.50. The number of rotatable bonds is 3. The fraction of sp³-hybridized carbons (Fsp3) is 0.125. The summed E-state index contributed by atoms with van der Waals surface area (Å²) < 4.78 is 0. The van der Waals surface area contributed by atoms with Gasteiger partial charge in [-0.15, -0.1) is 11.3 Å². The standard InChI is InChI=1S/C16H13NO3S/c18-13-7-5-10(6-8-13)14-9-21-15(17-14)11-1-3-12(4-2-11)16(19)20/h1-5,7-10,18H,6H2,(H,19,20). The molecule has 1 heterocycles. The van der Waals surface area contributed by atoms with Crippen molar-refractivity contribution in [2.75, 3.05) is 0 Å². The molecule has 21 heavy (non-hydrogen) atoms. The summed E-state index contributed by atoms with van der Waals surface area (Å²) in [7, 11) is 0. The molecule has 0 fully saturated rings. The summed E-state index contributed by atoms with van der Waals surface area (Å²) in [5, 5.41) is 21.1. The van der Waals surface area contributed by atoms with Gasteiger partial charge in [-0.25, -0.2) is 9.78 Å². The molecule has 2 aromatic rings. The Morgan fingerprint density at radius 1 is 1.29 bits per heavy atom. The zero-order valence-electron chi connectivity index (χ0n) is 11.1. The van der Waals surface area contributed by atoms with Gasteiger partial charge in [-0.05, 0) is 30.7 Å². The first kappa shape index (κ1) is 13.6. The summed E-state index contributed by atoms with van der Waals surface area (Å²) in [5.74, 6) is -0.449. The monoisotopic (exact) mass is 299 g/mol. The first-order valence-corrected chi connectivity index (χ1v) is 7.38. The second-order valence-electron chi connectivity index (χ2n) is 4.79. The van der Waals surface area contributed by atoms with E-state index >= 15 is 0 Å². The highest BCUT2D eigenvalue weighted by molar-refractivity contribution is 7.13. The molecule has 106 valence electrons. The highest BCUT2D eigenvalue weighted by atomic mass is 32.1. The lowest BCUT2D eigenvalue weighted by molar-refractivity contribution is 0.0697. The fourth-order valence-electron chi connectivity index (χ4n) is 2.17. The van der Waals surface area contributed by atoms with Crippen LogP contribution in [0, 0.1) is 0 Å². The molecule has 0 saturated heterocycles. The Hall–Kier alpha value is -2.40. The Morgan fingerprint density at radius 3 is 2.67 bits per heavy atom. The number of aromatic nitrogens is 1. The van der Waals surface area contributed by atoms with E-state index in [1.54, 1.807) is 36.4 Å². The number of benzene rings is 1. The van der Waals surface area contributed by atoms with Crippen LogP contribution in [0.15, 0.2) is 53.6 Å². The van der Waals surface area contributed by atoms with E-state index in [1.807, 2.05) is 11.5 Å². The second-order valence-corrected chi connectivity index (χ2v) is 5.65. The Bertz CT molecular complexity index is 728. The van der Waals surface area contributed by atoms with Crippen molar-refractivity contribution in [1.29, 1.82) is 0 Å². The number of carboxylic acids is 1. The van der Waals surface area contributed by atoms with Gasteiger partial charge in [0.2, 0.25) is 0 Å². The Morgan fingerprint density at radius 2 is 2.05 bits per heavy atom. The molecule has 2 N–H and O–H groups in total. The van der Waals surface area contributed by atoms with E-state index in [9.17, 15) is 9.90 Å². The van der Waals surface area contributed by atoms with E-state index in [0.29, 0.717) is 5.76 Å². The van der Waals surface area contributed by atoms with Gasteiger partial charge in [0.15, 0.2) is 0 Å². The molecule has 0 radical (unpaired) electrons. The summed E-state index contributed by atoms with van der Waals surface area (Å²) in [6.07, 6.45) is 6.16. The van der Waals surface area contributed by atoms with Crippen LogP contribution in [-0.2, 0) is 0 Å². The van der Waals surface area contributed by atoms with Gasteiger partial charge in [0, 0.05) is 16.9 Å². The van der Waals surface area contributed by atoms with Crippen molar-refractivity contribution in [1.82, 2.24) is 4.98 Å². The topological polar surface area (TPSA) is 70.4 Å². The number of hydrogen-bond donors (Lipinski definition) is 2. The SMILES string of the molecule is O=C(O)c1ccc(-c2nc(C3C=CC(O)=CC3)cs2)cc1. The maximum Gasteiger partial charge on any atom is 0.335 e. The third kappa shape index (κ3) is 2.87. The molecule has 1 unspecified atom stereocenters. The maximum absolute atomic E-state index is 10.8. The second kappa shape index (κ2) is 5.54. The van der Waals surface area contributed by atoms with E-state index in [0.717, 1.165) is 22.7 Å². The fourth-order valence-corrected chi connectivity index (χ4v) is 3.06. The number of carboxylic acid groups (broad SMARTS) is 1. The average Bonchev–Trinajstić information content (AvgIpc) is 2.98. The molecule has 1 aliphatic carbocycles. The number of allylic oxidation sites excluding steroid dienone is 3. The van der Waals surface area contributed by atoms with E-state index in [1.165, 1.54) is 11.3 Å². The van der Waals surface area contributed by atoms with Gasteiger partial charge < -0.3 is 10.2 Å². The molecule has 0 spiro atoms. The molecule has 1 aromatic heterocycles. The van der Waals surface area contributed by atoms with Crippen LogP contribution in [0.3, 0.4) is 0 Å². The number of nitrogens with zero attached hydrogens (tertiary/aromatic N) is 1. The molecule has 0 aliphatic heterocycles. The minimum atomic E-state index is -0.930. The lowest BCUT2D eigenvalue weighted by atomic mass is 9.97. The molecular weight excluding hydrogens is 286 g/mol. The van der Waals surface area contributed by atoms with Crippen LogP contribution in [0.4, 0.5) is 0 Å². The third-order valence-corrected chi connectivity index (χ3v) is 4.27. The summed E-state index contributed by atoms with van der Waals surface area (Å²) >= 11 is 1.54. The van der Waals surface area contributed by atoms with Gasteiger partial charge >= 0.3 is 5.97 Å². The van der Waals surface area contributed by atoms with E-state index in [4.69, 9.17) is 5.11 Å². The van der Waals surface area contributed by atoms with Crippen molar-refractivity contribution in [2.24, 2.45) is 0 Å². The number of hydrogen-bond acceptors (Lipinski definition) is 4. The average molecular weight is 299 g/mol. The van der Waals surface area contributed by atoms with Crippen molar-refractivity contribution in [3.63, 3.8) is 0 Å². The van der Waals surface area contributed by atoms with Crippen LogP contribution >= 0.6 is 11.3 Å². The summed E-state index contributed by atoms with van der Waals surface area (Å²) in [4.78, 5) is 15.5. The molecule has 5 heteroatoms. The molecule has 3 rings (SSSR count). The number of aliphatic hydroxyl groups excluding tert-OH is 1. The van der Waals surface area contributed by atoms with E-state index in [2.05, 4.69) is 4.98 Å². The molecule has 0 amide bonds. The van der Waals surface area contributed by atoms with Crippen molar-refractivity contribution >= 4 is 17.3 Å². The van der Waals surface area contributed by atoms with Crippen LogP contribution in [0.25, 0.3) is 10.6 Å². The van der Waals surface area contributed by atoms with E-state index in [-0.39, 0.29) is 11.5 Å². The zero-order valence-corrected chi connectivity index (χ0v) is 11.9. The van der Waals surface area contributed by atoms with Crippen LogP contribution < -0.4 is 0 Å². The smallest absolute Gasteiger partial charge is 0.335 e. The molecular formula is C16H13NO3S. The van der Waals surface area contributed by atoms with Gasteiger partial charge in [-0.2, -0.15) is 0 Å². The van der Waals surface area contributed by atoms with Crippen molar-refractivity contribution < 1.29 is 15.0 Å². The highest BCUT2D eigenvalue weighted by Crippen LogP contribution is 2.31. The molecule has 1 atom stereocenters. The van der Waals surface area contributed by atoms with Gasteiger partial charge in [0.25, 0.3) is 0 Å². The number of aliphatic hydroxyl groups is 1. The predicted molar refractivity (Wildman–Crippen MR) is 81.7 cm³/mol. The maximum atomic E-state index is 10.8. The molecule has 0 bridgehead atoms. The molecule has 1 aromatic carbocycles. The van der Waals surface area contributed by atoms with E-state index < -0.39 is 5.97 Å². The first-order chi connectivity index (χ1) is 10.1. The Labute approximate surface area is 125 Å². The van der Waals surface area contributed by atoms with Gasteiger partial charge in [0.05, 0.1) is 11.3 Å². The Balaban J connectivity index is 1.82. The number of carbonyl (C=O) groups is 1. The summed E-state index contributed by atoms with van der Waals surface area (Å²) in [5.41, 5.74) is 2.15. The minimum Gasteiger partial charge on any atom is -0.508 e. The van der Waals surface area contributed by atoms with Crippen molar-refractivity contribution in [2.45, 2.75) is 12.3 Å². The van der Waals surface area contributed by atoms with Crippen LogP contribution in [-0.4, -0.2) is 21.2 Å². The number of aromatic carboxylic acids is 1. The van der Waals surface area contributed by atoms with Gasteiger partial charge in [-0.3, -0.25) is 0 Å². The largest absolute Gasteiger partial charge is 0.508 e. The summed E-state index contributed by atoms with van der Waals surface area (Å²) in [6, 6.07) is 6.71. The van der Waals surface area contributed by atoms with Crippen LogP contribution in [0.1, 0.15) is 28.4 Å². The number of thiazole rings is 1. The lowest BCUT2D eigenvalue weighted by Gasteiger charge is -2.11. The van der Waals surface area contributed by atoms with Crippen molar-refractivity contribution in [3.8, 4) is 10.6 Å². The molecule has 4 nitrogen and oxygen atoms in total. The zero-order chi connectivity index (χ0) is 14.8. The Kier molecular flexibility index (Phi) is 3.58. The quantitative estimate of drug-likeness (QED) is 0.899. The third-order valence-electron chi connectivity index (χ3n) is 3.36. The highest BCUT2D eigenvalue weighted by Gasteiger charge is 2.15. The van der Waals surface area contributed by atoms with Gasteiger partial charge in [-0.1, -0.05) is 18.2 Å². The summed E-state index contributed by atoms with van der Waals surface area (Å²) in [6.45, 7) is 0. The molecule has 1 aliphatic rings. The molecule has 0 saturated carbocycles. The normalized spacial score (nSPS) is 17.5. The van der Waals surface area contributed by atoms with Crippen molar-refractivity contribution in [3.05, 3.63) is 64.9 Å². The lowest BCUT2D eigenvalue weighted by Crippen LogP contribution is -1.99. The predicted octanol–water partition coefficient (Wildman–Crippen LogP) is 3.99.